The average Bonchev–Trinajstić information content (AvgIpc) is 2.83. The maximum atomic E-state index is 12.9. The van der Waals surface area contributed by atoms with Gasteiger partial charge in [-0.05, 0) is 30.4 Å². The summed E-state index contributed by atoms with van der Waals surface area (Å²) in [7, 11) is 1.84. The summed E-state index contributed by atoms with van der Waals surface area (Å²) in [6.07, 6.45) is 4.04. The fraction of sp³-hybridized carbons (Fsp3) is 0.474. The van der Waals surface area contributed by atoms with Crippen LogP contribution in [0.4, 0.5) is 0 Å². The minimum Gasteiger partial charge on any atom is -0.333 e. The summed E-state index contributed by atoms with van der Waals surface area (Å²) in [5.41, 5.74) is 2.04. The average molecular weight is 324 g/mol. The lowest BCUT2D eigenvalue weighted by molar-refractivity contribution is 0.0573. The Kier molecular flexibility index (Phi) is 4.10. The number of amides is 1. The lowest BCUT2D eigenvalue weighted by atomic mass is 9.94. The minimum absolute atomic E-state index is 0.131. The molecular formula is C19H24N4O. The lowest BCUT2D eigenvalue weighted by Crippen LogP contribution is -2.47. The SMILES string of the molecule is Cn1nccc1C(=O)N1C[C@H]2CC[C@@H]1CN(Cc1ccccc1)C2. The van der Waals surface area contributed by atoms with Gasteiger partial charge in [-0.1, -0.05) is 30.3 Å². The van der Waals surface area contributed by atoms with Crippen LogP contribution in [0.3, 0.4) is 0 Å². The van der Waals surface area contributed by atoms with E-state index in [1.54, 1.807) is 10.9 Å². The number of nitrogens with zero attached hydrogens (tertiary/aromatic N) is 4. The first-order valence-corrected chi connectivity index (χ1v) is 8.76. The summed E-state index contributed by atoms with van der Waals surface area (Å²) >= 11 is 0. The highest BCUT2D eigenvalue weighted by atomic mass is 16.2. The van der Waals surface area contributed by atoms with Gasteiger partial charge in [0.15, 0.2) is 0 Å². The van der Waals surface area contributed by atoms with Crippen LogP contribution in [0.15, 0.2) is 42.6 Å². The van der Waals surface area contributed by atoms with Gasteiger partial charge in [0, 0.05) is 45.5 Å². The molecule has 5 heteroatoms. The number of aromatic nitrogens is 2. The molecule has 4 heterocycles. The molecule has 24 heavy (non-hydrogen) atoms. The molecule has 3 aliphatic heterocycles. The van der Waals surface area contributed by atoms with Crippen molar-refractivity contribution in [2.24, 2.45) is 13.0 Å². The Labute approximate surface area is 142 Å². The Morgan fingerprint density at radius 3 is 2.71 bits per heavy atom. The first-order chi connectivity index (χ1) is 11.7. The zero-order valence-electron chi connectivity index (χ0n) is 14.1. The zero-order chi connectivity index (χ0) is 16.5. The molecule has 0 unspecified atom stereocenters. The van der Waals surface area contributed by atoms with Gasteiger partial charge < -0.3 is 4.90 Å². The van der Waals surface area contributed by atoms with Gasteiger partial charge in [0.25, 0.3) is 5.91 Å². The summed E-state index contributed by atoms with van der Waals surface area (Å²) in [5, 5.41) is 4.15. The largest absolute Gasteiger partial charge is 0.333 e. The van der Waals surface area contributed by atoms with Crippen molar-refractivity contribution in [2.75, 3.05) is 19.6 Å². The molecule has 0 radical (unpaired) electrons. The van der Waals surface area contributed by atoms with Gasteiger partial charge in [-0.3, -0.25) is 14.4 Å². The number of piperidine rings is 1. The Hall–Kier alpha value is -2.14. The number of carbonyl (C=O) groups is 1. The van der Waals surface area contributed by atoms with Gasteiger partial charge in [0.2, 0.25) is 0 Å². The van der Waals surface area contributed by atoms with Crippen molar-refractivity contribution in [2.45, 2.75) is 25.4 Å². The maximum Gasteiger partial charge on any atom is 0.272 e. The number of carbonyl (C=O) groups excluding carboxylic acids is 1. The highest BCUT2D eigenvalue weighted by Gasteiger charge is 2.37. The summed E-state index contributed by atoms with van der Waals surface area (Å²) in [6, 6.07) is 12.8. The first-order valence-electron chi connectivity index (χ1n) is 8.76. The van der Waals surface area contributed by atoms with Crippen molar-refractivity contribution in [3.05, 3.63) is 53.9 Å². The third-order valence-corrected chi connectivity index (χ3v) is 5.34. The first kappa shape index (κ1) is 15.4. The number of hydrogen-bond donors (Lipinski definition) is 0. The topological polar surface area (TPSA) is 41.4 Å². The molecule has 3 saturated heterocycles. The van der Waals surface area contributed by atoms with E-state index >= 15 is 0 Å². The van der Waals surface area contributed by atoms with Gasteiger partial charge >= 0.3 is 0 Å². The molecule has 0 spiro atoms. The number of rotatable bonds is 3. The molecule has 0 aliphatic carbocycles. The van der Waals surface area contributed by atoms with Crippen LogP contribution in [0.25, 0.3) is 0 Å². The molecule has 5 rings (SSSR count). The standard InChI is InChI=1S/C19H24N4O/c1-21-18(9-10-20-21)19(24)23-13-16-7-8-17(23)14-22(12-16)11-15-5-3-2-4-6-15/h2-6,9-10,16-17H,7-8,11-14H2,1H3/t16-,17+/m0/s1. The monoisotopic (exact) mass is 324 g/mol. The van der Waals surface area contributed by atoms with Crippen LogP contribution in [-0.2, 0) is 13.6 Å². The van der Waals surface area contributed by atoms with Crippen molar-refractivity contribution >= 4 is 5.91 Å². The van der Waals surface area contributed by atoms with Gasteiger partial charge in [-0.25, -0.2) is 0 Å². The Morgan fingerprint density at radius 1 is 1.12 bits per heavy atom. The third-order valence-electron chi connectivity index (χ3n) is 5.34. The Morgan fingerprint density at radius 2 is 1.96 bits per heavy atom. The Balaban J connectivity index is 1.51. The maximum absolute atomic E-state index is 12.9. The highest BCUT2D eigenvalue weighted by Crippen LogP contribution is 2.29. The van der Waals surface area contributed by atoms with Crippen LogP contribution in [-0.4, -0.2) is 51.2 Å². The van der Waals surface area contributed by atoms with Crippen LogP contribution in [0.1, 0.15) is 28.9 Å². The van der Waals surface area contributed by atoms with E-state index in [9.17, 15) is 4.79 Å². The van der Waals surface area contributed by atoms with E-state index in [2.05, 4.69) is 45.2 Å². The van der Waals surface area contributed by atoms with Gasteiger partial charge in [-0.2, -0.15) is 5.10 Å². The summed E-state index contributed by atoms with van der Waals surface area (Å²) in [5.74, 6) is 0.705. The van der Waals surface area contributed by atoms with Gasteiger partial charge in [0.05, 0.1) is 0 Å². The molecular weight excluding hydrogens is 300 g/mol. The third kappa shape index (κ3) is 2.96. The Bertz CT molecular complexity index is 711. The molecule has 3 fully saturated rings. The van der Waals surface area contributed by atoms with Crippen LogP contribution in [0, 0.1) is 5.92 Å². The normalized spacial score (nSPS) is 24.1. The smallest absolute Gasteiger partial charge is 0.272 e. The molecule has 2 atom stereocenters. The van der Waals surface area contributed by atoms with Crippen LogP contribution in [0.2, 0.25) is 0 Å². The second-order valence-electron chi connectivity index (χ2n) is 7.07. The van der Waals surface area contributed by atoms with Crippen LogP contribution < -0.4 is 0 Å². The van der Waals surface area contributed by atoms with Crippen molar-refractivity contribution in [1.29, 1.82) is 0 Å². The second kappa shape index (κ2) is 6.40. The van der Waals surface area contributed by atoms with Crippen molar-refractivity contribution in [3.8, 4) is 0 Å². The number of fused-ring (bicyclic) bond motifs is 4. The molecule has 0 N–H and O–H groups in total. The van der Waals surface area contributed by atoms with E-state index in [1.165, 1.54) is 12.0 Å². The molecule has 5 nitrogen and oxygen atoms in total. The molecule has 1 amide bonds. The predicted molar refractivity (Wildman–Crippen MR) is 92.5 cm³/mol. The highest BCUT2D eigenvalue weighted by molar-refractivity contribution is 5.92. The fourth-order valence-corrected chi connectivity index (χ4v) is 4.13. The van der Waals surface area contributed by atoms with Gasteiger partial charge in [0.1, 0.15) is 5.69 Å². The molecule has 2 bridgehead atoms. The quantitative estimate of drug-likeness (QED) is 0.869. The summed E-state index contributed by atoms with van der Waals surface area (Å²) in [4.78, 5) is 17.6. The van der Waals surface area contributed by atoms with Crippen molar-refractivity contribution in [3.63, 3.8) is 0 Å². The number of aryl methyl sites for hydroxylation is 1. The second-order valence-corrected chi connectivity index (χ2v) is 7.07. The summed E-state index contributed by atoms with van der Waals surface area (Å²) < 4.78 is 1.68. The predicted octanol–water partition coefficient (Wildman–Crippen LogP) is 2.16. The minimum atomic E-state index is 0.131. The number of benzene rings is 1. The molecule has 3 aliphatic rings. The van der Waals surface area contributed by atoms with E-state index in [1.807, 2.05) is 13.1 Å². The fourth-order valence-electron chi connectivity index (χ4n) is 4.13. The molecule has 2 aromatic rings. The molecule has 0 saturated carbocycles. The van der Waals surface area contributed by atoms with Crippen molar-refractivity contribution < 1.29 is 4.79 Å². The van der Waals surface area contributed by atoms with E-state index in [-0.39, 0.29) is 5.91 Å². The molecule has 1 aromatic heterocycles. The van der Waals surface area contributed by atoms with Crippen LogP contribution in [0.5, 0.6) is 0 Å². The van der Waals surface area contributed by atoms with Crippen molar-refractivity contribution in [1.82, 2.24) is 19.6 Å². The molecule has 126 valence electrons. The van der Waals surface area contributed by atoms with Gasteiger partial charge in [-0.15, -0.1) is 0 Å². The zero-order valence-corrected chi connectivity index (χ0v) is 14.1. The van der Waals surface area contributed by atoms with E-state index in [0.717, 1.165) is 32.6 Å². The van der Waals surface area contributed by atoms with E-state index in [4.69, 9.17) is 0 Å². The van der Waals surface area contributed by atoms with E-state index < -0.39 is 0 Å². The van der Waals surface area contributed by atoms with Crippen LogP contribution >= 0.6 is 0 Å². The lowest BCUT2D eigenvalue weighted by Gasteiger charge is -2.36. The molecule has 1 aromatic carbocycles. The van der Waals surface area contributed by atoms with E-state index in [0.29, 0.717) is 17.7 Å². The number of hydrogen-bond acceptors (Lipinski definition) is 3. The summed E-state index contributed by atoms with van der Waals surface area (Å²) in [6.45, 7) is 3.90.